The number of piperazine rings is 1. The molecule has 0 bridgehead atoms. The number of hydrogen-bond acceptors (Lipinski definition) is 19. The first-order valence-corrected chi connectivity index (χ1v) is 26.3. The molecule has 2 aliphatic carbocycles. The van der Waals surface area contributed by atoms with Gasteiger partial charge in [-0.3, -0.25) is 29.9 Å². The second-order valence-electron chi connectivity index (χ2n) is 16.4. The molecule has 4 aromatic rings. The molecule has 5 fully saturated rings. The Hall–Kier alpha value is -5.08. The number of ether oxygens (including phenoxy) is 2. The van der Waals surface area contributed by atoms with E-state index in [1.807, 2.05) is 0 Å². The van der Waals surface area contributed by atoms with Crippen LogP contribution in [0.2, 0.25) is 0 Å². The maximum atomic E-state index is 13.2. The van der Waals surface area contributed by atoms with Crippen LogP contribution in [0.5, 0.6) is 0 Å². The van der Waals surface area contributed by atoms with Gasteiger partial charge in [0, 0.05) is 67.3 Å². The number of aldehydes is 1. The van der Waals surface area contributed by atoms with Gasteiger partial charge < -0.3 is 29.2 Å². The van der Waals surface area contributed by atoms with E-state index in [9.17, 15) is 31.2 Å². The van der Waals surface area contributed by atoms with Crippen LogP contribution in [0.4, 0.5) is 10.3 Å². The predicted molar refractivity (Wildman–Crippen MR) is 253 cm³/mol. The summed E-state index contributed by atoms with van der Waals surface area (Å²) in [6.45, 7) is 7.77. The highest BCUT2D eigenvalue weighted by atomic mass is 32.2. The van der Waals surface area contributed by atoms with E-state index >= 15 is 0 Å². The molecule has 24 heteroatoms. The molecule has 0 spiro atoms. The van der Waals surface area contributed by atoms with Crippen molar-refractivity contribution in [2.24, 2.45) is 10.3 Å². The van der Waals surface area contributed by atoms with E-state index in [0.717, 1.165) is 42.4 Å². The number of nitrogens with zero attached hydrogens (tertiary/aromatic N) is 5. The van der Waals surface area contributed by atoms with Crippen molar-refractivity contribution in [1.29, 1.82) is 0 Å². The zero-order valence-corrected chi connectivity index (χ0v) is 39.6. The van der Waals surface area contributed by atoms with Crippen molar-refractivity contribution < 1.29 is 55.1 Å². The van der Waals surface area contributed by atoms with Gasteiger partial charge in [-0.25, -0.2) is 26.8 Å². The van der Waals surface area contributed by atoms with Crippen LogP contribution in [0.3, 0.4) is 0 Å². The molecule has 368 valence electrons. The normalized spacial score (nSPS) is 21.0. The van der Waals surface area contributed by atoms with Gasteiger partial charge in [0.15, 0.2) is 59.9 Å². The summed E-state index contributed by atoms with van der Waals surface area (Å²) in [5.41, 5.74) is 0.895. The second-order valence-corrected chi connectivity index (χ2v) is 23.0. The van der Waals surface area contributed by atoms with Gasteiger partial charge in [-0.1, -0.05) is 53.3 Å². The molecule has 19 nitrogen and oxygen atoms in total. The van der Waals surface area contributed by atoms with E-state index in [0.29, 0.717) is 98.4 Å². The van der Waals surface area contributed by atoms with E-state index < -0.39 is 31.5 Å². The number of benzene rings is 2. The van der Waals surface area contributed by atoms with Crippen LogP contribution in [0.1, 0.15) is 78.6 Å². The number of carbonyl (C=O) groups is 3. The lowest BCUT2D eigenvalue weighted by Crippen LogP contribution is -3.00. The maximum Gasteiger partial charge on any atom is 0.280 e. The minimum absolute atomic E-state index is 0. The third-order valence-corrected chi connectivity index (χ3v) is 17.4. The number of halogens is 1. The van der Waals surface area contributed by atoms with E-state index in [-0.39, 0.29) is 61.2 Å². The van der Waals surface area contributed by atoms with Crippen LogP contribution < -0.4 is 20.7 Å². The predicted octanol–water partition coefficient (Wildman–Crippen LogP) is 1.70. The molecule has 3 atom stereocenters. The van der Waals surface area contributed by atoms with Crippen molar-refractivity contribution in [2.75, 3.05) is 56.7 Å². The Bertz CT molecular complexity index is 2640. The van der Waals surface area contributed by atoms with Gasteiger partial charge >= 0.3 is 0 Å². The number of oxime groups is 2. The Balaban J connectivity index is 0.000000221. The Morgan fingerprint density at radius 1 is 0.779 bits per heavy atom. The molecule has 0 unspecified atom stereocenters. The number of anilines is 2. The molecule has 3 aliphatic heterocycles. The Kier molecular flexibility index (Phi) is 18.1. The number of rotatable bonds is 17. The lowest BCUT2D eigenvalue weighted by molar-refractivity contribution is -0.111. The topological polar surface area (TPSA) is 246 Å². The SMILES string of the molecule is C.C[C@@H]1CN(Cc2cnc(NC(=O)/C(=N/O[C@@H]3CCOC3)c3ccc(S(=O)(=O)C4CC4)cc3)s2)CCN1.O=Cc1cnc(NC(=O)/C(=N/O[C@@H]2CCOC2)c2ccc(S(=O)(=O)C3CC3)cc2)s1.[F-]. The molecular weight excluding hydrogens is 964 g/mol. The van der Waals surface area contributed by atoms with Crippen LogP contribution in [-0.4, -0.2) is 136 Å². The fraction of sp³-hybridized carbons (Fsp3) is 0.477. The van der Waals surface area contributed by atoms with Crippen LogP contribution in [0, 0.1) is 0 Å². The molecule has 2 aromatic carbocycles. The Labute approximate surface area is 402 Å². The van der Waals surface area contributed by atoms with Gasteiger partial charge in [0.25, 0.3) is 11.8 Å². The summed E-state index contributed by atoms with van der Waals surface area (Å²) < 4.78 is 60.5. The van der Waals surface area contributed by atoms with Crippen LogP contribution in [0.25, 0.3) is 0 Å². The van der Waals surface area contributed by atoms with Crippen molar-refractivity contribution in [1.82, 2.24) is 20.2 Å². The van der Waals surface area contributed by atoms with Gasteiger partial charge in [-0.2, -0.15) is 0 Å². The largest absolute Gasteiger partial charge is 1.00 e. The zero-order valence-electron chi connectivity index (χ0n) is 36.4. The van der Waals surface area contributed by atoms with Crippen LogP contribution in [-0.2, 0) is 55.0 Å². The fourth-order valence-electron chi connectivity index (χ4n) is 7.17. The first-order chi connectivity index (χ1) is 31.8. The first-order valence-electron chi connectivity index (χ1n) is 21.6. The lowest BCUT2D eigenvalue weighted by Gasteiger charge is -2.31. The van der Waals surface area contributed by atoms with Gasteiger partial charge in [0.1, 0.15) is 0 Å². The third kappa shape index (κ3) is 13.6. The number of nitrogens with one attached hydrogen (secondary N) is 3. The summed E-state index contributed by atoms with van der Waals surface area (Å²) >= 11 is 2.45. The number of carbonyl (C=O) groups excluding carboxylic acids is 3. The second kappa shape index (κ2) is 23.5. The molecule has 0 radical (unpaired) electrons. The van der Waals surface area contributed by atoms with Gasteiger partial charge in [0.05, 0.1) is 57.8 Å². The van der Waals surface area contributed by atoms with E-state index in [1.54, 1.807) is 18.3 Å². The molecule has 3 N–H and O–H groups in total. The summed E-state index contributed by atoms with van der Waals surface area (Å²) in [5.74, 6) is -1.05. The molecule has 5 heterocycles. The average Bonchev–Trinajstić information content (AvgIpc) is 4.11. The summed E-state index contributed by atoms with van der Waals surface area (Å²) in [7, 11) is -6.65. The summed E-state index contributed by atoms with van der Waals surface area (Å²) in [6, 6.07) is 12.7. The number of sulfone groups is 2. The molecule has 5 aliphatic rings. The highest BCUT2D eigenvalue weighted by Crippen LogP contribution is 2.35. The van der Waals surface area contributed by atoms with Gasteiger partial charge in [-0.05, 0) is 56.9 Å². The average molecular weight is 1020 g/mol. The molecule has 2 saturated carbocycles. The molecule has 68 heavy (non-hydrogen) atoms. The fourth-order valence-corrected chi connectivity index (χ4v) is 12.0. The van der Waals surface area contributed by atoms with Crippen molar-refractivity contribution in [3.63, 3.8) is 0 Å². The van der Waals surface area contributed by atoms with E-state index in [1.165, 1.54) is 53.9 Å². The number of amides is 2. The summed E-state index contributed by atoms with van der Waals surface area (Å²) in [4.78, 5) is 60.6. The summed E-state index contributed by atoms with van der Waals surface area (Å²) in [5, 5.41) is 17.1. The highest BCUT2D eigenvalue weighted by molar-refractivity contribution is 7.92. The monoisotopic (exact) mass is 1020 g/mol. The van der Waals surface area contributed by atoms with Crippen LogP contribution >= 0.6 is 22.7 Å². The van der Waals surface area contributed by atoms with E-state index in [4.69, 9.17) is 19.1 Å². The lowest BCUT2D eigenvalue weighted by atomic mass is 10.1. The Morgan fingerprint density at radius 2 is 1.26 bits per heavy atom. The minimum Gasteiger partial charge on any atom is -1.00 e. The Morgan fingerprint density at radius 3 is 1.69 bits per heavy atom. The van der Waals surface area contributed by atoms with Crippen molar-refractivity contribution >= 4 is 82.1 Å². The highest BCUT2D eigenvalue weighted by Gasteiger charge is 2.38. The summed E-state index contributed by atoms with van der Waals surface area (Å²) in [6.07, 6.45) is 7.38. The van der Waals surface area contributed by atoms with Crippen molar-refractivity contribution in [2.45, 2.75) is 98.0 Å². The third-order valence-electron chi connectivity index (χ3n) is 11.1. The molecule has 9 rings (SSSR count). The first kappa shape index (κ1) is 52.3. The molecule has 3 saturated heterocycles. The van der Waals surface area contributed by atoms with Crippen LogP contribution in [0.15, 0.2) is 81.0 Å². The minimum atomic E-state index is -3.33. The molecular formula is C44H54FN8O11S4-. The smallest absolute Gasteiger partial charge is 0.280 e. The van der Waals surface area contributed by atoms with Gasteiger partial charge in [0.2, 0.25) is 0 Å². The number of aromatic nitrogens is 2. The molecule has 2 amide bonds. The van der Waals surface area contributed by atoms with Crippen molar-refractivity contribution in [3.05, 3.63) is 81.8 Å². The molecule has 2 aromatic heterocycles. The number of thiazole rings is 2. The van der Waals surface area contributed by atoms with Crippen molar-refractivity contribution in [3.8, 4) is 0 Å². The maximum absolute atomic E-state index is 13.2. The van der Waals surface area contributed by atoms with E-state index in [2.05, 4.69) is 48.1 Å². The van der Waals surface area contributed by atoms with Gasteiger partial charge in [-0.15, -0.1) is 11.3 Å². The standard InChI is InChI=1S/C24H31N5O5S2.C19H19N3O6S2.CH4.FH/c1-16-13-29(10-9-25-16)14-19-12-26-24(35-19)27-23(30)22(28-34-18-8-11-33-15-18)17-2-4-20(5-3-17)36(31,32)21-6-7-21;23-10-14-9-20-19(29-14)21-18(24)17(22-28-13-7-8-27-11-13)12-1-3-15(4-2-12)30(25,26)16-5-6-16;;/h2-5,12,16,18,21,25H,6-11,13-15H2,1H3,(H,26,27,30);1-4,9-10,13,16H,5-8,11H2,(H,20,21,24);1H4;1H/p-1/b28-22+;22-17+;;/t16-,18-;13-;;/m11../s1. The quantitative estimate of drug-likeness (QED) is 0.0775. The number of hydrogen-bond donors (Lipinski definition) is 3. The zero-order chi connectivity index (χ0) is 46.3.